The van der Waals surface area contributed by atoms with E-state index in [4.69, 9.17) is 5.11 Å². The third-order valence-electron chi connectivity index (χ3n) is 2.91. The summed E-state index contributed by atoms with van der Waals surface area (Å²) >= 11 is 0. The van der Waals surface area contributed by atoms with Crippen LogP contribution < -0.4 is 4.72 Å². The van der Waals surface area contributed by atoms with Gasteiger partial charge < -0.3 is 10.1 Å². The van der Waals surface area contributed by atoms with Crippen molar-refractivity contribution in [2.75, 3.05) is 6.54 Å². The van der Waals surface area contributed by atoms with E-state index in [1.165, 1.54) is 12.3 Å². The molecule has 17 heavy (non-hydrogen) atoms. The first-order chi connectivity index (χ1) is 8.03. The maximum absolute atomic E-state index is 11.9. The second-order valence-corrected chi connectivity index (χ2v) is 5.82. The van der Waals surface area contributed by atoms with Crippen LogP contribution in [0, 0.1) is 5.92 Å². The minimum Gasteiger partial charge on any atom is -0.390 e. The topological polar surface area (TPSA) is 82.2 Å². The number of hydrogen-bond acceptors (Lipinski definition) is 3. The lowest BCUT2D eigenvalue weighted by Crippen LogP contribution is -2.28. The quantitative estimate of drug-likeness (QED) is 0.689. The van der Waals surface area contributed by atoms with Crippen LogP contribution in [-0.2, 0) is 16.6 Å². The number of aliphatic hydroxyl groups excluding tert-OH is 1. The van der Waals surface area contributed by atoms with Gasteiger partial charge in [0.15, 0.2) is 0 Å². The normalized spacial score (nSPS) is 12.2. The molecule has 0 saturated heterocycles. The number of hydrogen-bond donors (Lipinski definition) is 3. The summed E-state index contributed by atoms with van der Waals surface area (Å²) in [4.78, 5) is 2.88. The van der Waals surface area contributed by atoms with Gasteiger partial charge in [0.2, 0.25) is 10.0 Å². The Labute approximate surface area is 102 Å². The van der Waals surface area contributed by atoms with E-state index in [9.17, 15) is 8.42 Å². The first-order valence-electron chi connectivity index (χ1n) is 5.81. The standard InChI is InChI=1S/C11H20N2O3S/c1-3-9(4-2)6-13-17(15,16)11-5-10(8-14)12-7-11/h5,7,9,12-14H,3-4,6,8H2,1-2H3. The SMILES string of the molecule is CCC(CC)CNS(=O)(=O)c1c[nH]c(CO)c1. The zero-order chi connectivity index (χ0) is 12.9. The highest BCUT2D eigenvalue weighted by molar-refractivity contribution is 7.89. The molecule has 0 fully saturated rings. The number of nitrogens with one attached hydrogen (secondary N) is 2. The number of aromatic nitrogens is 1. The van der Waals surface area contributed by atoms with Crippen LogP contribution in [0.3, 0.4) is 0 Å². The third-order valence-corrected chi connectivity index (χ3v) is 4.32. The van der Waals surface area contributed by atoms with E-state index in [2.05, 4.69) is 9.71 Å². The molecule has 1 aromatic rings. The molecule has 3 N–H and O–H groups in total. The average Bonchev–Trinajstić information content (AvgIpc) is 2.79. The highest BCUT2D eigenvalue weighted by Gasteiger charge is 2.17. The Kier molecular flexibility index (Phi) is 5.17. The number of rotatable bonds is 7. The molecule has 0 radical (unpaired) electrons. The predicted octanol–water partition coefficient (Wildman–Crippen LogP) is 1.22. The lowest BCUT2D eigenvalue weighted by atomic mass is 10.0. The molecule has 1 aromatic heterocycles. The smallest absolute Gasteiger partial charge is 0.242 e. The summed E-state index contributed by atoms with van der Waals surface area (Å²) in [5.74, 6) is 0.362. The number of H-pyrrole nitrogens is 1. The summed E-state index contributed by atoms with van der Waals surface area (Å²) in [7, 11) is -3.46. The van der Waals surface area contributed by atoms with Crippen LogP contribution >= 0.6 is 0 Å². The molecule has 0 bridgehead atoms. The average molecular weight is 260 g/mol. The van der Waals surface area contributed by atoms with Gasteiger partial charge in [-0.2, -0.15) is 0 Å². The maximum atomic E-state index is 11.9. The maximum Gasteiger partial charge on any atom is 0.242 e. The largest absolute Gasteiger partial charge is 0.390 e. The van der Waals surface area contributed by atoms with Gasteiger partial charge in [0.05, 0.1) is 11.5 Å². The van der Waals surface area contributed by atoms with Gasteiger partial charge in [-0.25, -0.2) is 13.1 Å². The van der Waals surface area contributed by atoms with E-state index in [0.29, 0.717) is 18.2 Å². The van der Waals surface area contributed by atoms with E-state index in [1.807, 2.05) is 13.8 Å². The van der Waals surface area contributed by atoms with Gasteiger partial charge in [-0.05, 0) is 12.0 Å². The van der Waals surface area contributed by atoms with E-state index in [0.717, 1.165) is 12.8 Å². The van der Waals surface area contributed by atoms with Crippen LogP contribution in [0.5, 0.6) is 0 Å². The molecule has 1 heterocycles. The van der Waals surface area contributed by atoms with Crippen molar-refractivity contribution in [3.8, 4) is 0 Å². The van der Waals surface area contributed by atoms with Gasteiger partial charge in [-0.1, -0.05) is 26.7 Å². The molecule has 0 saturated carbocycles. The fourth-order valence-electron chi connectivity index (χ4n) is 1.55. The van der Waals surface area contributed by atoms with Gasteiger partial charge in [0.25, 0.3) is 0 Å². The predicted molar refractivity (Wildman–Crippen MR) is 66.0 cm³/mol. The molecule has 6 heteroatoms. The van der Waals surface area contributed by atoms with Crippen LogP contribution in [-0.4, -0.2) is 25.1 Å². The Balaban J connectivity index is 2.68. The minimum atomic E-state index is -3.46. The fourth-order valence-corrected chi connectivity index (χ4v) is 2.69. The molecular weight excluding hydrogens is 240 g/mol. The third kappa shape index (κ3) is 3.83. The summed E-state index contributed by atoms with van der Waals surface area (Å²) in [5, 5.41) is 8.86. The molecule has 0 atom stereocenters. The first kappa shape index (κ1) is 14.2. The van der Waals surface area contributed by atoms with Crippen LogP contribution in [0.4, 0.5) is 0 Å². The molecule has 0 aliphatic rings. The number of sulfonamides is 1. The Bertz CT molecular complexity index is 435. The molecule has 0 amide bonds. The molecule has 0 aliphatic carbocycles. The Hall–Kier alpha value is -0.850. The zero-order valence-electron chi connectivity index (χ0n) is 10.2. The van der Waals surface area contributed by atoms with E-state index in [1.54, 1.807) is 0 Å². The van der Waals surface area contributed by atoms with Gasteiger partial charge >= 0.3 is 0 Å². The van der Waals surface area contributed by atoms with Gasteiger partial charge in [0.1, 0.15) is 0 Å². The summed E-state index contributed by atoms with van der Waals surface area (Å²) in [5.41, 5.74) is 0.493. The number of aromatic amines is 1. The monoisotopic (exact) mass is 260 g/mol. The molecule has 0 unspecified atom stereocenters. The molecule has 1 rings (SSSR count). The number of aliphatic hydroxyl groups is 1. The summed E-state index contributed by atoms with van der Waals surface area (Å²) in [6.45, 7) is 4.35. The Morgan fingerprint density at radius 1 is 1.41 bits per heavy atom. The van der Waals surface area contributed by atoms with Crippen molar-refractivity contribution in [1.29, 1.82) is 0 Å². The summed E-state index contributed by atoms with van der Waals surface area (Å²) < 4.78 is 26.4. The lowest BCUT2D eigenvalue weighted by Gasteiger charge is -2.12. The molecule has 0 aliphatic heterocycles. The van der Waals surface area contributed by atoms with Crippen LogP contribution in [0.15, 0.2) is 17.2 Å². The zero-order valence-corrected chi connectivity index (χ0v) is 11.0. The van der Waals surface area contributed by atoms with E-state index >= 15 is 0 Å². The van der Waals surface area contributed by atoms with Crippen molar-refractivity contribution in [3.05, 3.63) is 18.0 Å². The lowest BCUT2D eigenvalue weighted by molar-refractivity contribution is 0.277. The van der Waals surface area contributed by atoms with Crippen molar-refractivity contribution < 1.29 is 13.5 Å². The van der Waals surface area contributed by atoms with Crippen molar-refractivity contribution >= 4 is 10.0 Å². The van der Waals surface area contributed by atoms with Crippen molar-refractivity contribution in [1.82, 2.24) is 9.71 Å². The second kappa shape index (κ2) is 6.18. The molecule has 0 aromatic carbocycles. The molecule has 5 nitrogen and oxygen atoms in total. The molecule has 0 spiro atoms. The summed E-state index contributed by atoms with van der Waals surface area (Å²) in [6, 6.07) is 1.44. The fraction of sp³-hybridized carbons (Fsp3) is 0.636. The van der Waals surface area contributed by atoms with Crippen LogP contribution in [0.2, 0.25) is 0 Å². The first-order valence-corrected chi connectivity index (χ1v) is 7.29. The Morgan fingerprint density at radius 2 is 2.06 bits per heavy atom. The van der Waals surface area contributed by atoms with E-state index in [-0.39, 0.29) is 11.5 Å². The van der Waals surface area contributed by atoms with E-state index < -0.39 is 10.0 Å². The summed E-state index contributed by atoms with van der Waals surface area (Å²) in [6.07, 6.45) is 3.29. The van der Waals surface area contributed by atoms with Gasteiger partial charge in [0, 0.05) is 18.4 Å². The highest BCUT2D eigenvalue weighted by atomic mass is 32.2. The second-order valence-electron chi connectivity index (χ2n) is 4.05. The molecular formula is C11H20N2O3S. The van der Waals surface area contributed by atoms with Crippen molar-refractivity contribution in [3.63, 3.8) is 0 Å². The van der Waals surface area contributed by atoms with Crippen LogP contribution in [0.25, 0.3) is 0 Å². The van der Waals surface area contributed by atoms with Crippen molar-refractivity contribution in [2.45, 2.75) is 38.2 Å². The van der Waals surface area contributed by atoms with Crippen LogP contribution in [0.1, 0.15) is 32.4 Å². The Morgan fingerprint density at radius 3 is 2.53 bits per heavy atom. The van der Waals surface area contributed by atoms with Gasteiger partial charge in [-0.15, -0.1) is 0 Å². The minimum absolute atomic E-state index is 0.174. The molecule has 98 valence electrons. The highest BCUT2D eigenvalue weighted by Crippen LogP contribution is 2.12. The van der Waals surface area contributed by atoms with Gasteiger partial charge in [-0.3, -0.25) is 0 Å². The van der Waals surface area contributed by atoms with Crippen molar-refractivity contribution in [2.24, 2.45) is 5.92 Å².